The molecular formula is C33H37F3N6O5. The quantitative estimate of drug-likeness (QED) is 0.229. The lowest BCUT2D eigenvalue weighted by Gasteiger charge is -2.40. The first-order chi connectivity index (χ1) is 22.3. The molecule has 0 bridgehead atoms. The molecule has 1 N–H and O–H groups in total. The van der Waals surface area contributed by atoms with Crippen molar-refractivity contribution < 1.29 is 37.1 Å². The number of nitriles is 1. The van der Waals surface area contributed by atoms with Gasteiger partial charge in [-0.05, 0) is 74.1 Å². The van der Waals surface area contributed by atoms with Crippen molar-refractivity contribution in [1.82, 2.24) is 14.8 Å². The number of aromatic amines is 1. The highest BCUT2D eigenvalue weighted by Crippen LogP contribution is 2.43. The van der Waals surface area contributed by atoms with Crippen LogP contribution in [-0.4, -0.2) is 65.5 Å². The summed E-state index contributed by atoms with van der Waals surface area (Å²) in [6.07, 6.45) is 1.90. The summed E-state index contributed by atoms with van der Waals surface area (Å²) in [5.41, 5.74) is 0.718. The molecule has 14 heteroatoms. The van der Waals surface area contributed by atoms with Crippen molar-refractivity contribution in [1.29, 1.82) is 5.26 Å². The molecule has 1 aromatic heterocycles. The molecule has 0 radical (unpaired) electrons. The lowest BCUT2D eigenvalue weighted by atomic mass is 9.88. The van der Waals surface area contributed by atoms with Gasteiger partial charge in [0.25, 0.3) is 0 Å². The molecule has 3 aromatic rings. The number of fused-ring (bicyclic) bond motifs is 1. The number of quaternary nitrogens is 1. The Kier molecular flexibility index (Phi) is 10.6. The van der Waals surface area contributed by atoms with Crippen LogP contribution in [0.2, 0.25) is 0 Å². The molecule has 2 aromatic carbocycles. The molecule has 5 rings (SSSR count). The van der Waals surface area contributed by atoms with Crippen molar-refractivity contribution in [2.45, 2.75) is 63.7 Å². The van der Waals surface area contributed by atoms with Crippen LogP contribution < -0.4 is 15.7 Å². The lowest BCUT2D eigenvalue weighted by Crippen LogP contribution is -2.50. The molecular weight excluding hydrogens is 617 g/mol. The van der Waals surface area contributed by atoms with Gasteiger partial charge in [0, 0.05) is 24.3 Å². The number of aromatic nitrogens is 3. The Hall–Kier alpha value is -4.90. The van der Waals surface area contributed by atoms with Gasteiger partial charge in [0.2, 0.25) is 5.95 Å². The molecule has 0 spiro atoms. The van der Waals surface area contributed by atoms with E-state index in [1.165, 1.54) is 48.0 Å². The summed E-state index contributed by atoms with van der Waals surface area (Å²) in [5, 5.41) is 24.6. The number of esters is 1. The first-order valence-electron chi connectivity index (χ1n) is 15.1. The third-order valence-electron chi connectivity index (χ3n) is 9.07. The van der Waals surface area contributed by atoms with Crippen molar-refractivity contribution in [3.8, 4) is 6.07 Å². The Morgan fingerprint density at radius 3 is 2.49 bits per heavy atom. The fourth-order valence-electron chi connectivity index (χ4n) is 6.61. The zero-order valence-corrected chi connectivity index (χ0v) is 26.6. The molecule has 250 valence electrons. The van der Waals surface area contributed by atoms with Crippen molar-refractivity contribution >= 4 is 24.1 Å². The first-order valence-corrected chi connectivity index (χ1v) is 15.1. The Balaban J connectivity index is 0.00000160. The van der Waals surface area contributed by atoms with E-state index in [0.717, 1.165) is 41.6 Å². The highest BCUT2D eigenvalue weighted by molar-refractivity contribution is 5.93. The Bertz CT molecular complexity index is 1750. The monoisotopic (exact) mass is 654 g/mol. The van der Waals surface area contributed by atoms with Crippen LogP contribution >= 0.6 is 0 Å². The Morgan fingerprint density at radius 2 is 1.87 bits per heavy atom. The number of anilines is 2. The van der Waals surface area contributed by atoms with Crippen LogP contribution in [0.4, 0.5) is 24.8 Å². The van der Waals surface area contributed by atoms with Gasteiger partial charge in [-0.3, -0.25) is 4.90 Å². The molecule has 1 fully saturated rings. The van der Waals surface area contributed by atoms with Crippen LogP contribution in [0, 0.1) is 11.3 Å². The number of alkyl halides is 3. The van der Waals surface area contributed by atoms with Gasteiger partial charge < -0.3 is 19.1 Å². The van der Waals surface area contributed by atoms with Gasteiger partial charge in [0.1, 0.15) is 6.04 Å². The van der Waals surface area contributed by atoms with E-state index in [-0.39, 0.29) is 22.9 Å². The van der Waals surface area contributed by atoms with Gasteiger partial charge in [-0.2, -0.15) is 18.4 Å². The second kappa shape index (κ2) is 14.3. The van der Waals surface area contributed by atoms with E-state index < -0.39 is 35.9 Å². The Morgan fingerprint density at radius 1 is 1.19 bits per heavy atom. The standard InChI is InChI=1S/C32H35F3N6O3.CH2O2/c1-20-27(29(42)44-4)28(40-30(37-38-31(40)43)39(20)24-10-8-9-23(18-24)32(33,34)35)26-14-13-21(19-36)17-22(26)15-16-41(2,3)25-11-6-5-7-12-25;2-1-3/h8-10,13-14,17-18,25,28H,5-7,11-12,15-16H2,1-4H3;1H,(H,2,3)/t28-;/m1./s1. The van der Waals surface area contributed by atoms with Gasteiger partial charge in [-0.1, -0.05) is 18.6 Å². The molecule has 11 nitrogen and oxygen atoms in total. The van der Waals surface area contributed by atoms with Gasteiger partial charge in [-0.15, -0.1) is 5.10 Å². The zero-order valence-electron chi connectivity index (χ0n) is 26.6. The van der Waals surface area contributed by atoms with Crippen molar-refractivity contribution in [2.24, 2.45) is 0 Å². The third-order valence-corrected chi connectivity index (χ3v) is 9.07. The zero-order chi connectivity index (χ0) is 34.5. The predicted octanol–water partition coefficient (Wildman–Crippen LogP) is 3.97. The van der Waals surface area contributed by atoms with E-state index in [1.807, 2.05) is 0 Å². The summed E-state index contributed by atoms with van der Waals surface area (Å²) in [4.78, 5) is 36.5. The number of methoxy groups -OCH3 is 1. The van der Waals surface area contributed by atoms with Crippen molar-refractivity contribution in [3.63, 3.8) is 0 Å². The fourth-order valence-corrected chi connectivity index (χ4v) is 6.61. The first kappa shape index (κ1) is 35.0. The molecule has 0 unspecified atom stereocenters. The number of ether oxygens (including phenoxy) is 1. The van der Waals surface area contributed by atoms with Gasteiger partial charge in [0.05, 0.1) is 56.6 Å². The number of rotatable bonds is 7. The molecule has 1 saturated carbocycles. The number of hydrogen-bond acceptors (Lipinski definition) is 8. The summed E-state index contributed by atoms with van der Waals surface area (Å²) >= 11 is 0. The maximum Gasteiger partial charge on any atom is 0.416 e. The summed E-state index contributed by atoms with van der Waals surface area (Å²) in [6, 6.07) is 11.5. The minimum absolute atomic E-state index is 0.0260. The third kappa shape index (κ3) is 7.25. The molecule has 1 aliphatic carbocycles. The second-order valence-corrected chi connectivity index (χ2v) is 12.1. The van der Waals surface area contributed by atoms with Crippen LogP contribution in [0.25, 0.3) is 0 Å². The lowest BCUT2D eigenvalue weighted by molar-refractivity contribution is -0.916. The number of nitrogens with one attached hydrogen (secondary N) is 1. The maximum absolute atomic E-state index is 13.7. The van der Waals surface area contributed by atoms with E-state index in [9.17, 15) is 28.0 Å². The molecule has 1 aliphatic heterocycles. The van der Waals surface area contributed by atoms with Gasteiger partial charge >= 0.3 is 17.8 Å². The molecule has 2 aliphatic rings. The maximum atomic E-state index is 13.7. The van der Waals surface area contributed by atoms with Crippen LogP contribution in [0.1, 0.15) is 67.3 Å². The molecule has 0 amide bonds. The van der Waals surface area contributed by atoms with E-state index in [2.05, 4.69) is 30.4 Å². The summed E-state index contributed by atoms with van der Waals surface area (Å²) < 4.78 is 48.2. The SMILES string of the molecule is COC(=O)C1=C(C)N(c2cccc(C(F)(F)F)c2)c2n[nH]c(=O)n2[C@@H]1c1ccc(C#N)cc1CC[N+](C)(C)C1CCCCC1.O=C[O-]. The number of carboxylic acid groups (broad SMARTS) is 1. The minimum Gasteiger partial charge on any atom is -0.554 e. The molecule has 1 atom stereocenters. The van der Waals surface area contributed by atoms with Crippen LogP contribution in [0.5, 0.6) is 0 Å². The van der Waals surface area contributed by atoms with Gasteiger partial charge in [-0.25, -0.2) is 19.3 Å². The van der Waals surface area contributed by atoms with Crippen LogP contribution in [0.3, 0.4) is 0 Å². The highest BCUT2D eigenvalue weighted by Gasteiger charge is 2.41. The largest absolute Gasteiger partial charge is 0.554 e. The van der Waals surface area contributed by atoms with E-state index >= 15 is 0 Å². The summed E-state index contributed by atoms with van der Waals surface area (Å²) in [5.74, 6) is -0.713. The Labute approximate surface area is 270 Å². The number of likely N-dealkylation sites (N-methyl/N-ethyl adjacent to an activating group) is 1. The summed E-state index contributed by atoms with van der Waals surface area (Å²) in [6.45, 7) is 1.85. The number of carbonyl (C=O) groups excluding carboxylic acids is 2. The highest BCUT2D eigenvalue weighted by atomic mass is 19.4. The number of halogens is 3. The average molecular weight is 655 g/mol. The predicted molar refractivity (Wildman–Crippen MR) is 164 cm³/mol. The van der Waals surface area contributed by atoms with E-state index in [0.29, 0.717) is 23.6 Å². The number of benzene rings is 2. The molecule has 47 heavy (non-hydrogen) atoms. The molecule has 2 heterocycles. The average Bonchev–Trinajstić information content (AvgIpc) is 3.43. The second-order valence-electron chi connectivity index (χ2n) is 12.1. The van der Waals surface area contributed by atoms with Crippen molar-refractivity contribution in [2.75, 3.05) is 32.6 Å². The minimum atomic E-state index is -4.61. The summed E-state index contributed by atoms with van der Waals surface area (Å²) in [7, 11) is 5.63. The normalized spacial score (nSPS) is 16.9. The number of H-pyrrole nitrogens is 1. The van der Waals surface area contributed by atoms with E-state index in [4.69, 9.17) is 14.6 Å². The smallest absolute Gasteiger partial charge is 0.416 e. The van der Waals surface area contributed by atoms with Crippen molar-refractivity contribution in [3.05, 3.63) is 86.5 Å². The number of nitrogens with zero attached hydrogens (tertiary/aromatic N) is 5. The number of allylic oxidation sites excluding steroid dienone is 1. The number of carbonyl (C=O) groups is 2. The molecule has 0 saturated heterocycles. The van der Waals surface area contributed by atoms with Crippen LogP contribution in [-0.2, 0) is 26.9 Å². The fraction of sp³-hybridized carbons (Fsp3) is 0.424. The topological polar surface area (TPSA) is 144 Å². The van der Waals surface area contributed by atoms with Gasteiger partial charge in [0.15, 0.2) is 0 Å². The number of hydrogen-bond donors (Lipinski definition) is 1. The van der Waals surface area contributed by atoms with Crippen LogP contribution in [0.15, 0.2) is 58.5 Å². The van der Waals surface area contributed by atoms with E-state index in [1.54, 1.807) is 25.1 Å².